The second-order valence-electron chi connectivity index (χ2n) is 21.0. The lowest BCUT2D eigenvalue weighted by Gasteiger charge is -2.47. The van der Waals surface area contributed by atoms with Gasteiger partial charge in [-0.3, -0.25) is 0 Å². The molecule has 0 radical (unpaired) electrons. The average molecular weight is 866 g/mol. The summed E-state index contributed by atoms with van der Waals surface area (Å²) < 4.78 is 2.48. The monoisotopic (exact) mass is 865 g/mol. The Balaban J connectivity index is 1.11. The number of aryl methyl sites for hydroxylation is 1. The van der Waals surface area contributed by atoms with Gasteiger partial charge in [-0.1, -0.05) is 187 Å². The van der Waals surface area contributed by atoms with E-state index in [9.17, 15) is 0 Å². The topological polar surface area (TPSA) is 11.4 Å². The van der Waals surface area contributed by atoms with Crippen LogP contribution >= 0.6 is 0 Å². The number of anilines is 5. The van der Waals surface area contributed by atoms with Crippen LogP contribution in [0.3, 0.4) is 0 Å². The number of allylic oxidation sites excluding steroid dienone is 2. The second kappa shape index (κ2) is 15.4. The zero-order valence-corrected chi connectivity index (χ0v) is 39.7. The van der Waals surface area contributed by atoms with Crippen LogP contribution in [-0.4, -0.2) is 17.3 Å². The summed E-state index contributed by atoms with van der Waals surface area (Å²) in [6.45, 7) is 16.1. The van der Waals surface area contributed by atoms with Crippen LogP contribution in [0.25, 0.3) is 44.2 Å². The molecule has 3 nitrogen and oxygen atoms in total. The Kier molecular flexibility index (Phi) is 9.45. The van der Waals surface area contributed by atoms with Crippen molar-refractivity contribution >= 4 is 78.9 Å². The van der Waals surface area contributed by atoms with Gasteiger partial charge in [0.25, 0.3) is 6.71 Å². The minimum atomic E-state index is 0.0207. The Morgan fingerprint density at radius 3 is 1.75 bits per heavy atom. The Morgan fingerprint density at radius 2 is 1.07 bits per heavy atom. The van der Waals surface area contributed by atoms with E-state index in [0.717, 1.165) is 6.42 Å². The summed E-state index contributed by atoms with van der Waals surface area (Å²) in [5.41, 5.74) is 22.9. The van der Waals surface area contributed by atoms with Crippen LogP contribution in [-0.2, 0) is 10.8 Å². The number of hydrogen-bond donors (Lipinski definition) is 0. The Bertz CT molecular complexity index is 3430. The lowest BCUT2D eigenvalue weighted by molar-refractivity contribution is 0.590. The SMILES string of the molecule is Cc1cc2c3c(c1)N(C1CC=CC=C1c1ccc(C(C)(C)C)cc1)c1cc(-n4c5ccccc5c5ccccc54)ccc1B3c1ccccc1N2c1ccccc1-c1ccc(C(C)(C)C)cc1. The molecule has 0 amide bonds. The largest absolute Gasteiger partial charge is 0.334 e. The molecule has 0 bridgehead atoms. The summed E-state index contributed by atoms with van der Waals surface area (Å²) >= 11 is 0. The van der Waals surface area contributed by atoms with E-state index in [1.54, 1.807) is 0 Å². The molecule has 326 valence electrons. The van der Waals surface area contributed by atoms with E-state index in [-0.39, 0.29) is 23.6 Å². The van der Waals surface area contributed by atoms with Crippen molar-refractivity contribution in [2.45, 2.75) is 71.8 Å². The molecule has 0 saturated heterocycles. The van der Waals surface area contributed by atoms with Gasteiger partial charge < -0.3 is 14.4 Å². The molecule has 4 heteroatoms. The van der Waals surface area contributed by atoms with Crippen LogP contribution in [0.1, 0.15) is 70.2 Å². The number of nitrogens with zero attached hydrogens (tertiary/aromatic N) is 3. The van der Waals surface area contributed by atoms with Gasteiger partial charge in [-0.15, -0.1) is 0 Å². The van der Waals surface area contributed by atoms with Crippen LogP contribution < -0.4 is 26.2 Å². The number of hydrogen-bond acceptors (Lipinski definition) is 2. The second-order valence-corrected chi connectivity index (χ2v) is 21.0. The first-order chi connectivity index (χ1) is 32.4. The highest BCUT2D eigenvalue weighted by atomic mass is 15.2. The molecule has 9 aromatic rings. The third-order valence-electron chi connectivity index (χ3n) is 14.7. The number of fused-ring (bicyclic) bond motifs is 7. The van der Waals surface area contributed by atoms with E-state index < -0.39 is 0 Å². The normalized spacial score (nSPS) is 15.4. The summed E-state index contributed by atoms with van der Waals surface area (Å²) in [6, 6.07) is 66.8. The van der Waals surface area contributed by atoms with Gasteiger partial charge in [-0.05, 0) is 122 Å². The van der Waals surface area contributed by atoms with E-state index in [4.69, 9.17) is 0 Å². The maximum atomic E-state index is 2.73. The first-order valence-electron chi connectivity index (χ1n) is 24.1. The number of rotatable bonds is 5. The fourth-order valence-electron chi connectivity index (χ4n) is 11.4. The van der Waals surface area contributed by atoms with Gasteiger partial charge in [0.15, 0.2) is 0 Å². The van der Waals surface area contributed by atoms with Gasteiger partial charge in [0, 0.05) is 44.8 Å². The van der Waals surface area contributed by atoms with Crippen molar-refractivity contribution in [3.05, 3.63) is 216 Å². The maximum Gasteiger partial charge on any atom is 0.252 e. The fourth-order valence-corrected chi connectivity index (χ4v) is 11.4. The van der Waals surface area contributed by atoms with Crippen LogP contribution in [0, 0.1) is 6.92 Å². The first-order valence-corrected chi connectivity index (χ1v) is 24.1. The molecule has 0 spiro atoms. The summed E-state index contributed by atoms with van der Waals surface area (Å²) in [7, 11) is 0. The van der Waals surface area contributed by atoms with Crippen molar-refractivity contribution in [1.82, 2.24) is 4.57 Å². The lowest BCUT2D eigenvalue weighted by Crippen LogP contribution is -2.63. The minimum absolute atomic E-state index is 0.0207. The summed E-state index contributed by atoms with van der Waals surface area (Å²) in [5.74, 6) is 0. The molecule has 12 rings (SSSR count). The van der Waals surface area contributed by atoms with Crippen molar-refractivity contribution in [3.63, 3.8) is 0 Å². The number of benzene rings is 8. The van der Waals surface area contributed by atoms with Gasteiger partial charge in [-0.25, -0.2) is 0 Å². The predicted octanol–water partition coefficient (Wildman–Crippen LogP) is 14.5. The van der Waals surface area contributed by atoms with E-state index in [2.05, 4.69) is 257 Å². The van der Waals surface area contributed by atoms with Crippen molar-refractivity contribution < 1.29 is 0 Å². The molecule has 67 heavy (non-hydrogen) atoms. The van der Waals surface area contributed by atoms with Crippen molar-refractivity contribution in [2.24, 2.45) is 0 Å². The van der Waals surface area contributed by atoms with E-state index in [0.29, 0.717) is 0 Å². The van der Waals surface area contributed by atoms with Gasteiger partial charge >= 0.3 is 0 Å². The van der Waals surface area contributed by atoms with Gasteiger partial charge in [0.05, 0.1) is 22.8 Å². The molecule has 1 aromatic heterocycles. The van der Waals surface area contributed by atoms with E-state index >= 15 is 0 Å². The molecule has 0 N–H and O–H groups in total. The van der Waals surface area contributed by atoms with Gasteiger partial charge in [0.2, 0.25) is 0 Å². The summed E-state index contributed by atoms with van der Waals surface area (Å²) in [4.78, 5) is 5.30. The molecule has 1 atom stereocenters. The number of aromatic nitrogens is 1. The maximum absolute atomic E-state index is 2.73. The standard InChI is InChI=1S/C63H56BN3/c1-41-38-59-61-60(39-41)67(54-24-14-9-19-48(54)43-30-34-45(35-31-43)63(5,6)7)58-40-46(65-55-25-15-10-20-49(55)50-21-11-16-26-56(50)65)36-37-52(58)64(61)51-22-12-17-27-57(51)66(59)53-23-13-8-18-47(53)42-28-32-44(33-29-42)62(2,3)4/h8-23,25-40,54H,24H2,1-7H3. The van der Waals surface area contributed by atoms with Gasteiger partial charge in [-0.2, -0.15) is 0 Å². The smallest absolute Gasteiger partial charge is 0.252 e. The summed E-state index contributed by atoms with van der Waals surface area (Å²) in [5, 5.41) is 2.54. The van der Waals surface area contributed by atoms with Crippen molar-refractivity contribution in [1.29, 1.82) is 0 Å². The molecule has 3 aliphatic rings. The van der Waals surface area contributed by atoms with Crippen LogP contribution in [0.4, 0.5) is 28.4 Å². The highest BCUT2D eigenvalue weighted by Crippen LogP contribution is 2.48. The van der Waals surface area contributed by atoms with E-state index in [1.807, 2.05) is 0 Å². The lowest BCUT2D eigenvalue weighted by atomic mass is 9.33. The zero-order valence-electron chi connectivity index (χ0n) is 39.7. The van der Waals surface area contributed by atoms with Crippen LogP contribution in [0.5, 0.6) is 0 Å². The fraction of sp³-hybridized carbons (Fsp3) is 0.175. The molecule has 0 saturated carbocycles. The molecule has 1 unspecified atom stereocenters. The van der Waals surface area contributed by atoms with Crippen LogP contribution in [0.15, 0.2) is 194 Å². The van der Waals surface area contributed by atoms with Crippen molar-refractivity contribution in [2.75, 3.05) is 9.80 Å². The van der Waals surface area contributed by atoms with Crippen LogP contribution in [0.2, 0.25) is 0 Å². The first kappa shape index (κ1) is 41.2. The Labute approximate surface area is 396 Å². The molecule has 1 aliphatic carbocycles. The Morgan fingerprint density at radius 1 is 0.507 bits per heavy atom. The third kappa shape index (κ3) is 6.63. The van der Waals surface area contributed by atoms with Crippen molar-refractivity contribution in [3.8, 4) is 16.8 Å². The molecule has 8 aromatic carbocycles. The predicted molar refractivity (Wildman–Crippen MR) is 288 cm³/mol. The highest BCUT2D eigenvalue weighted by molar-refractivity contribution is 7.00. The molecule has 3 heterocycles. The van der Waals surface area contributed by atoms with Gasteiger partial charge in [0.1, 0.15) is 0 Å². The minimum Gasteiger partial charge on any atom is -0.334 e. The molecular formula is C63H56BN3. The average Bonchev–Trinajstić information content (AvgIpc) is 3.68. The number of para-hydroxylation sites is 4. The van der Waals surface area contributed by atoms with E-state index in [1.165, 1.54) is 111 Å². The molecule has 0 fully saturated rings. The molecular weight excluding hydrogens is 810 g/mol. The highest BCUT2D eigenvalue weighted by Gasteiger charge is 2.45. The third-order valence-corrected chi connectivity index (χ3v) is 14.7. The zero-order chi connectivity index (χ0) is 45.8. The summed E-state index contributed by atoms with van der Waals surface area (Å²) in [6.07, 6.45) is 7.88. The quantitative estimate of drug-likeness (QED) is 0.160. The molecule has 2 aliphatic heterocycles. The Hall–Kier alpha value is -7.30.